The van der Waals surface area contributed by atoms with Gasteiger partial charge in [0.05, 0.1) is 32.0 Å². The maximum absolute atomic E-state index is 10.6. The first-order valence-electron chi connectivity index (χ1n) is 10.7. The van der Waals surface area contributed by atoms with Crippen LogP contribution in [0.5, 0.6) is 5.75 Å². The minimum Gasteiger partial charge on any atom is -0.488 e. The van der Waals surface area contributed by atoms with Crippen molar-refractivity contribution < 1.29 is 29.5 Å². The van der Waals surface area contributed by atoms with Crippen LogP contribution in [0.2, 0.25) is 5.02 Å². The van der Waals surface area contributed by atoms with Gasteiger partial charge in [0.2, 0.25) is 0 Å². The average molecular weight is 449 g/mol. The number of aliphatic hydroxyl groups is 3. The van der Waals surface area contributed by atoms with Gasteiger partial charge < -0.3 is 29.5 Å². The Morgan fingerprint density at radius 2 is 1.87 bits per heavy atom. The summed E-state index contributed by atoms with van der Waals surface area (Å²) in [6.07, 6.45) is -1.71. The van der Waals surface area contributed by atoms with E-state index in [4.69, 9.17) is 25.8 Å². The third-order valence-electron chi connectivity index (χ3n) is 6.19. The summed E-state index contributed by atoms with van der Waals surface area (Å²) in [4.78, 5) is 0. The first-order valence-corrected chi connectivity index (χ1v) is 11.1. The lowest BCUT2D eigenvalue weighted by molar-refractivity contribution is -0.207. The van der Waals surface area contributed by atoms with Gasteiger partial charge in [-0.1, -0.05) is 42.8 Å². The minimum absolute atomic E-state index is 0.111. The molecule has 168 valence electrons. The van der Waals surface area contributed by atoms with Gasteiger partial charge in [-0.05, 0) is 41.3 Å². The molecule has 6 nitrogen and oxygen atoms in total. The van der Waals surface area contributed by atoms with Gasteiger partial charge in [-0.15, -0.1) is 0 Å². The zero-order valence-corrected chi connectivity index (χ0v) is 18.2. The van der Waals surface area contributed by atoms with Crippen LogP contribution in [0.15, 0.2) is 42.5 Å². The van der Waals surface area contributed by atoms with Crippen LogP contribution in [0, 0.1) is 5.92 Å². The van der Waals surface area contributed by atoms with Crippen LogP contribution in [0.1, 0.15) is 36.1 Å². The molecule has 0 spiro atoms. The van der Waals surface area contributed by atoms with E-state index in [9.17, 15) is 15.3 Å². The van der Waals surface area contributed by atoms with E-state index in [1.54, 1.807) is 19.1 Å². The Bertz CT molecular complexity index is 865. The van der Waals surface area contributed by atoms with Crippen molar-refractivity contribution in [3.8, 4) is 5.75 Å². The molecule has 3 N–H and O–H groups in total. The van der Waals surface area contributed by atoms with E-state index >= 15 is 0 Å². The first kappa shape index (κ1) is 22.5. The molecule has 2 aliphatic heterocycles. The summed E-state index contributed by atoms with van der Waals surface area (Å²) in [6, 6.07) is 13.4. The maximum atomic E-state index is 10.6. The molecule has 4 rings (SSSR count). The molecular weight excluding hydrogens is 420 g/mol. The van der Waals surface area contributed by atoms with Crippen LogP contribution in [-0.2, 0) is 15.9 Å². The van der Waals surface area contributed by atoms with Gasteiger partial charge in [-0.3, -0.25) is 0 Å². The fourth-order valence-electron chi connectivity index (χ4n) is 4.20. The number of ether oxygens (including phenoxy) is 3. The molecule has 7 heteroatoms. The van der Waals surface area contributed by atoms with Gasteiger partial charge in [0.15, 0.2) is 0 Å². The number of halogens is 1. The molecule has 0 saturated carbocycles. The van der Waals surface area contributed by atoms with Crippen molar-refractivity contribution in [1.82, 2.24) is 0 Å². The Morgan fingerprint density at radius 3 is 2.55 bits per heavy atom. The highest BCUT2D eigenvalue weighted by Crippen LogP contribution is 2.36. The van der Waals surface area contributed by atoms with E-state index in [-0.39, 0.29) is 18.6 Å². The van der Waals surface area contributed by atoms with Gasteiger partial charge in [0, 0.05) is 17.4 Å². The number of rotatable bonds is 6. The van der Waals surface area contributed by atoms with Gasteiger partial charge in [-0.25, -0.2) is 0 Å². The lowest BCUT2D eigenvalue weighted by Crippen LogP contribution is -2.50. The van der Waals surface area contributed by atoms with Crippen molar-refractivity contribution >= 4 is 11.6 Å². The molecule has 0 unspecified atom stereocenters. The molecular formula is C24H29ClO6. The van der Waals surface area contributed by atoms with E-state index in [2.05, 4.69) is 0 Å². The lowest BCUT2D eigenvalue weighted by Gasteiger charge is -2.41. The number of hydrogen-bond acceptors (Lipinski definition) is 6. The SMILES string of the molecule is C[C@H]1[C@H](O)[C@@H](O)[C@H](c2ccc(Cl)c(Cc3ccc(O[C@@H]4CCOC4)cc3)c2)O[C@@H]1CO. The molecule has 2 aromatic carbocycles. The van der Waals surface area contributed by atoms with Gasteiger partial charge in [-0.2, -0.15) is 0 Å². The summed E-state index contributed by atoms with van der Waals surface area (Å²) < 4.78 is 17.2. The highest BCUT2D eigenvalue weighted by molar-refractivity contribution is 6.31. The average Bonchev–Trinajstić information content (AvgIpc) is 3.28. The van der Waals surface area contributed by atoms with E-state index in [1.165, 1.54) is 0 Å². The second-order valence-electron chi connectivity index (χ2n) is 8.39. The number of aliphatic hydroxyl groups excluding tert-OH is 3. The second kappa shape index (κ2) is 9.86. The Hall–Kier alpha value is -1.67. The molecule has 0 bridgehead atoms. The fraction of sp³-hybridized carbons (Fsp3) is 0.500. The zero-order valence-electron chi connectivity index (χ0n) is 17.5. The molecule has 2 fully saturated rings. The van der Waals surface area contributed by atoms with Crippen molar-refractivity contribution in [1.29, 1.82) is 0 Å². The lowest BCUT2D eigenvalue weighted by atomic mass is 9.85. The first-order chi connectivity index (χ1) is 15.0. The third kappa shape index (κ3) is 5.06. The summed E-state index contributed by atoms with van der Waals surface area (Å²) in [7, 11) is 0. The molecule has 0 radical (unpaired) electrons. The standard InChI is InChI=1S/C24H29ClO6/c1-14-21(12-26)31-24(23(28)22(14)27)16-4-7-20(25)17(11-16)10-15-2-5-18(6-3-15)30-19-8-9-29-13-19/h2-7,11,14,19,21-24,26-28H,8-10,12-13H2,1H3/t14-,19-,21-,22+,23-,24+/m1/s1. The zero-order chi connectivity index (χ0) is 22.0. The van der Waals surface area contributed by atoms with Crippen molar-refractivity contribution in [2.45, 2.75) is 50.3 Å². The Labute approximate surface area is 187 Å². The normalized spacial score (nSPS) is 31.0. The molecule has 31 heavy (non-hydrogen) atoms. The Balaban J connectivity index is 1.49. The molecule has 6 atom stereocenters. The quantitative estimate of drug-likeness (QED) is 0.629. The van der Waals surface area contributed by atoms with Crippen molar-refractivity contribution in [2.75, 3.05) is 19.8 Å². The Morgan fingerprint density at radius 1 is 1.10 bits per heavy atom. The molecule has 0 amide bonds. The summed E-state index contributed by atoms with van der Waals surface area (Å²) >= 11 is 6.44. The minimum atomic E-state index is -1.08. The van der Waals surface area contributed by atoms with Crippen LogP contribution in [0.4, 0.5) is 0 Å². The van der Waals surface area contributed by atoms with E-state index < -0.39 is 24.4 Å². The molecule has 2 aromatic rings. The Kier molecular flexibility index (Phi) is 7.16. The van der Waals surface area contributed by atoms with E-state index in [0.29, 0.717) is 18.1 Å². The number of hydrogen-bond donors (Lipinski definition) is 3. The summed E-state index contributed by atoms with van der Waals surface area (Å²) in [5.74, 6) is 0.454. The predicted octanol–water partition coefficient (Wildman–Crippen LogP) is 2.89. The predicted molar refractivity (Wildman–Crippen MR) is 116 cm³/mol. The van der Waals surface area contributed by atoms with Crippen molar-refractivity contribution in [3.05, 3.63) is 64.2 Å². The summed E-state index contributed by atoms with van der Waals surface area (Å²) in [5.41, 5.74) is 2.68. The van der Waals surface area contributed by atoms with Crippen LogP contribution in [0.25, 0.3) is 0 Å². The third-order valence-corrected chi connectivity index (χ3v) is 6.56. The maximum Gasteiger partial charge on any atom is 0.124 e. The smallest absolute Gasteiger partial charge is 0.124 e. The van der Waals surface area contributed by atoms with Crippen molar-refractivity contribution in [2.24, 2.45) is 5.92 Å². The van der Waals surface area contributed by atoms with Crippen LogP contribution in [0.3, 0.4) is 0 Å². The van der Waals surface area contributed by atoms with Crippen LogP contribution >= 0.6 is 11.6 Å². The molecule has 2 heterocycles. The van der Waals surface area contributed by atoms with Gasteiger partial charge in [0.1, 0.15) is 24.1 Å². The fourth-order valence-corrected chi connectivity index (χ4v) is 4.38. The monoisotopic (exact) mass is 448 g/mol. The molecule has 0 aromatic heterocycles. The summed E-state index contributed by atoms with van der Waals surface area (Å²) in [5, 5.41) is 31.1. The summed E-state index contributed by atoms with van der Waals surface area (Å²) in [6.45, 7) is 2.91. The van der Waals surface area contributed by atoms with Gasteiger partial charge in [0.25, 0.3) is 0 Å². The molecule has 2 saturated heterocycles. The van der Waals surface area contributed by atoms with E-state index in [1.807, 2.05) is 30.3 Å². The topological polar surface area (TPSA) is 88.4 Å². The van der Waals surface area contributed by atoms with Gasteiger partial charge >= 0.3 is 0 Å². The highest BCUT2D eigenvalue weighted by Gasteiger charge is 2.42. The van der Waals surface area contributed by atoms with Crippen molar-refractivity contribution in [3.63, 3.8) is 0 Å². The molecule has 0 aliphatic carbocycles. The van der Waals surface area contributed by atoms with E-state index in [0.717, 1.165) is 35.5 Å². The van der Waals surface area contributed by atoms with Crippen LogP contribution < -0.4 is 4.74 Å². The largest absolute Gasteiger partial charge is 0.488 e. The second-order valence-corrected chi connectivity index (χ2v) is 8.80. The van der Waals surface area contributed by atoms with Crippen LogP contribution in [-0.4, -0.2) is 59.6 Å². The number of benzene rings is 2. The highest BCUT2D eigenvalue weighted by atomic mass is 35.5. The molecule has 2 aliphatic rings.